The summed E-state index contributed by atoms with van der Waals surface area (Å²) in [6.45, 7) is 0.969. The Hall–Kier alpha value is -1.66. The van der Waals surface area contributed by atoms with Crippen molar-refractivity contribution in [2.75, 3.05) is 31.7 Å². The van der Waals surface area contributed by atoms with Gasteiger partial charge in [0.05, 0.1) is 13.2 Å². The van der Waals surface area contributed by atoms with Gasteiger partial charge in [-0.1, -0.05) is 0 Å². The van der Waals surface area contributed by atoms with E-state index in [1.165, 1.54) is 7.11 Å². The largest absolute Gasteiger partial charge is 0.465 e. The van der Waals surface area contributed by atoms with E-state index in [1.54, 1.807) is 18.3 Å². The molecule has 0 radical (unpaired) electrons. The molecule has 1 aromatic heterocycles. The normalized spacial score (nSPS) is 23.2. The van der Waals surface area contributed by atoms with Gasteiger partial charge in [0, 0.05) is 31.8 Å². The molecule has 6 heteroatoms. The average molecular weight is 266 g/mol. The first-order chi connectivity index (χ1) is 9.17. The summed E-state index contributed by atoms with van der Waals surface area (Å²) in [5.74, 6) is -0.0341. The maximum Gasteiger partial charge on any atom is 0.341 e. The van der Waals surface area contributed by atoms with Crippen molar-refractivity contribution < 1.29 is 19.7 Å². The molecule has 0 aliphatic carbocycles. The number of aromatic nitrogens is 1. The van der Waals surface area contributed by atoms with Crippen LogP contribution in [0.15, 0.2) is 18.3 Å². The third-order valence-corrected chi connectivity index (χ3v) is 3.45. The van der Waals surface area contributed by atoms with Crippen molar-refractivity contribution in [2.24, 2.45) is 5.92 Å². The summed E-state index contributed by atoms with van der Waals surface area (Å²) < 4.78 is 4.73. The third kappa shape index (κ3) is 2.85. The summed E-state index contributed by atoms with van der Waals surface area (Å²) in [6, 6.07) is 3.32. The first kappa shape index (κ1) is 13.8. The summed E-state index contributed by atoms with van der Waals surface area (Å²) in [7, 11) is 1.33. The molecule has 1 aromatic rings. The maximum absolute atomic E-state index is 11.7. The van der Waals surface area contributed by atoms with E-state index in [2.05, 4.69) is 4.98 Å². The van der Waals surface area contributed by atoms with Gasteiger partial charge in [0.1, 0.15) is 11.4 Å². The Bertz CT molecular complexity index is 452. The fraction of sp³-hybridized carbons (Fsp3) is 0.538. The second kappa shape index (κ2) is 5.99. The molecule has 1 aliphatic rings. The Morgan fingerprint density at radius 3 is 3.05 bits per heavy atom. The highest BCUT2D eigenvalue weighted by molar-refractivity contribution is 5.94. The number of β-amino-alcohol motifs (C(OH)–C–C–N with tert-alkyl or cyclic N) is 1. The molecule has 0 amide bonds. The predicted octanol–water partition coefficient (Wildman–Crippen LogP) is 0.0477. The first-order valence-corrected chi connectivity index (χ1v) is 6.24. The number of pyridine rings is 1. The van der Waals surface area contributed by atoms with Gasteiger partial charge in [0.15, 0.2) is 0 Å². The number of hydrogen-bond acceptors (Lipinski definition) is 6. The fourth-order valence-corrected chi connectivity index (χ4v) is 2.30. The first-order valence-electron chi connectivity index (χ1n) is 6.24. The summed E-state index contributed by atoms with van der Waals surface area (Å²) in [4.78, 5) is 17.7. The summed E-state index contributed by atoms with van der Waals surface area (Å²) in [6.07, 6.45) is 1.65. The van der Waals surface area contributed by atoms with Crippen molar-refractivity contribution in [1.29, 1.82) is 0 Å². The molecule has 0 bridgehead atoms. The van der Waals surface area contributed by atoms with Crippen molar-refractivity contribution >= 4 is 11.8 Å². The van der Waals surface area contributed by atoms with Crippen LogP contribution in [0.1, 0.15) is 16.8 Å². The summed E-state index contributed by atoms with van der Waals surface area (Å²) >= 11 is 0. The Balaban J connectivity index is 2.21. The molecule has 0 saturated carbocycles. The number of aliphatic hydroxyl groups excluding tert-OH is 2. The average Bonchev–Trinajstić information content (AvgIpc) is 2.46. The van der Waals surface area contributed by atoms with Crippen LogP contribution in [0, 0.1) is 5.92 Å². The lowest BCUT2D eigenvalue weighted by atomic mass is 9.94. The number of carbonyl (C=O) groups excluding carboxylic acids is 1. The number of piperidine rings is 1. The molecule has 6 nitrogen and oxygen atoms in total. The molecule has 1 fully saturated rings. The minimum absolute atomic E-state index is 0.0267. The van der Waals surface area contributed by atoms with Crippen molar-refractivity contribution in [1.82, 2.24) is 4.98 Å². The molecule has 0 aromatic carbocycles. The van der Waals surface area contributed by atoms with E-state index in [0.717, 1.165) is 0 Å². The lowest BCUT2D eigenvalue weighted by Crippen LogP contribution is -2.45. The molecule has 2 N–H and O–H groups in total. The van der Waals surface area contributed by atoms with E-state index in [0.29, 0.717) is 30.9 Å². The van der Waals surface area contributed by atoms with Crippen LogP contribution in [0.5, 0.6) is 0 Å². The van der Waals surface area contributed by atoms with E-state index >= 15 is 0 Å². The molecule has 0 spiro atoms. The van der Waals surface area contributed by atoms with Crippen molar-refractivity contribution in [2.45, 2.75) is 12.5 Å². The second-order valence-electron chi connectivity index (χ2n) is 4.61. The van der Waals surface area contributed by atoms with E-state index in [9.17, 15) is 9.90 Å². The van der Waals surface area contributed by atoms with Crippen LogP contribution in [0.2, 0.25) is 0 Å². The molecule has 1 aliphatic heterocycles. The van der Waals surface area contributed by atoms with E-state index in [4.69, 9.17) is 9.84 Å². The monoisotopic (exact) mass is 266 g/mol. The zero-order valence-electron chi connectivity index (χ0n) is 10.8. The number of ether oxygens (including phenoxy) is 1. The standard InChI is InChI=1S/C13H18N2O4/c1-19-13(18)10-3-2-5-14-12(10)15-6-4-9(8-16)11(17)7-15/h2-3,5,9,11,16-17H,4,6-8H2,1H3/t9-,11-/m1/s1. The van der Waals surface area contributed by atoms with E-state index in [1.807, 2.05) is 4.90 Å². The van der Waals surface area contributed by atoms with Crippen LogP contribution in [0.4, 0.5) is 5.82 Å². The lowest BCUT2D eigenvalue weighted by molar-refractivity contribution is 0.0535. The zero-order chi connectivity index (χ0) is 13.8. The number of carbonyl (C=O) groups is 1. The molecule has 1 saturated heterocycles. The number of rotatable bonds is 3. The minimum atomic E-state index is -0.619. The van der Waals surface area contributed by atoms with Crippen LogP contribution in [-0.4, -0.2) is 54.1 Å². The predicted molar refractivity (Wildman–Crippen MR) is 69.0 cm³/mol. The van der Waals surface area contributed by atoms with Crippen LogP contribution in [0.25, 0.3) is 0 Å². The highest BCUT2D eigenvalue weighted by Crippen LogP contribution is 2.25. The topological polar surface area (TPSA) is 82.9 Å². The van der Waals surface area contributed by atoms with Gasteiger partial charge in [-0.2, -0.15) is 0 Å². The van der Waals surface area contributed by atoms with Crippen molar-refractivity contribution in [3.8, 4) is 0 Å². The smallest absolute Gasteiger partial charge is 0.341 e. The molecule has 19 heavy (non-hydrogen) atoms. The van der Waals surface area contributed by atoms with Crippen LogP contribution < -0.4 is 4.90 Å². The quantitative estimate of drug-likeness (QED) is 0.752. The Kier molecular flexibility index (Phi) is 4.34. The molecular formula is C13H18N2O4. The van der Waals surface area contributed by atoms with Gasteiger partial charge in [-0.15, -0.1) is 0 Å². The van der Waals surface area contributed by atoms with Crippen LogP contribution in [0.3, 0.4) is 0 Å². The molecule has 0 unspecified atom stereocenters. The van der Waals surface area contributed by atoms with Crippen molar-refractivity contribution in [3.63, 3.8) is 0 Å². The summed E-state index contributed by atoms with van der Waals surface area (Å²) in [5.41, 5.74) is 0.389. The maximum atomic E-state index is 11.7. The third-order valence-electron chi connectivity index (χ3n) is 3.45. The number of methoxy groups -OCH3 is 1. The van der Waals surface area contributed by atoms with E-state index < -0.39 is 12.1 Å². The Labute approximate surface area is 111 Å². The summed E-state index contributed by atoms with van der Waals surface area (Å²) in [5, 5.41) is 19.1. The lowest BCUT2D eigenvalue weighted by Gasteiger charge is -2.36. The van der Waals surface area contributed by atoms with Crippen LogP contribution >= 0.6 is 0 Å². The number of anilines is 1. The van der Waals surface area contributed by atoms with Gasteiger partial charge in [0.2, 0.25) is 0 Å². The SMILES string of the molecule is COC(=O)c1cccnc1N1CC[C@H](CO)[C@H](O)C1. The molecule has 104 valence electrons. The highest BCUT2D eigenvalue weighted by atomic mass is 16.5. The number of aliphatic hydroxyl groups is 2. The highest BCUT2D eigenvalue weighted by Gasteiger charge is 2.29. The Morgan fingerprint density at radius 2 is 2.42 bits per heavy atom. The second-order valence-corrected chi connectivity index (χ2v) is 4.61. The van der Waals surface area contributed by atoms with Gasteiger partial charge in [0.25, 0.3) is 0 Å². The van der Waals surface area contributed by atoms with Gasteiger partial charge in [-0.25, -0.2) is 9.78 Å². The van der Waals surface area contributed by atoms with Gasteiger partial charge < -0.3 is 19.8 Å². The zero-order valence-corrected chi connectivity index (χ0v) is 10.8. The number of hydrogen-bond donors (Lipinski definition) is 2. The molecule has 2 atom stereocenters. The Morgan fingerprint density at radius 1 is 1.63 bits per heavy atom. The van der Waals surface area contributed by atoms with Gasteiger partial charge in [-0.05, 0) is 18.6 Å². The minimum Gasteiger partial charge on any atom is -0.465 e. The fourth-order valence-electron chi connectivity index (χ4n) is 2.30. The van der Waals surface area contributed by atoms with Gasteiger partial charge >= 0.3 is 5.97 Å². The van der Waals surface area contributed by atoms with E-state index in [-0.39, 0.29) is 12.5 Å². The number of esters is 1. The molecule has 2 heterocycles. The molecular weight excluding hydrogens is 248 g/mol. The van der Waals surface area contributed by atoms with Crippen LogP contribution in [-0.2, 0) is 4.74 Å². The van der Waals surface area contributed by atoms with Gasteiger partial charge in [-0.3, -0.25) is 0 Å². The molecule has 2 rings (SSSR count). The number of nitrogens with zero attached hydrogens (tertiary/aromatic N) is 2. The van der Waals surface area contributed by atoms with Crippen molar-refractivity contribution in [3.05, 3.63) is 23.9 Å².